The van der Waals surface area contributed by atoms with Crippen molar-refractivity contribution in [3.63, 3.8) is 0 Å². The van der Waals surface area contributed by atoms with Crippen LogP contribution in [0.4, 0.5) is 0 Å². The smallest absolute Gasteiger partial charge is 0.148 e. The number of hydrogen-bond acceptors (Lipinski definition) is 3. The Balaban J connectivity index is 0.00000640. The van der Waals surface area contributed by atoms with E-state index >= 15 is 0 Å². The zero-order chi connectivity index (χ0) is 49.8. The van der Waals surface area contributed by atoms with Gasteiger partial charge in [-0.1, -0.05) is 203 Å². The Morgan fingerprint density at radius 3 is 1.80 bits per heavy atom. The fraction of sp³-hybridized carbons (Fsp3) is 0.156. The summed E-state index contributed by atoms with van der Waals surface area (Å²) in [7, 11) is 0. The quantitative estimate of drug-likeness (QED) is 0.154. The molecule has 10 aromatic rings. The number of aromatic nitrogens is 3. The molecule has 8 aromatic carbocycles. The second-order valence-electron chi connectivity index (χ2n) is 19.9. The van der Waals surface area contributed by atoms with Gasteiger partial charge in [-0.05, 0) is 99.4 Å². The number of phenols is 1. The monoisotopic (exact) mass is 1080 g/mol. The number of nitrogens with zero attached hydrogens (tertiary/aromatic N) is 3. The van der Waals surface area contributed by atoms with Crippen LogP contribution in [0.15, 0.2) is 188 Å². The predicted molar refractivity (Wildman–Crippen MR) is 284 cm³/mol. The van der Waals surface area contributed by atoms with Gasteiger partial charge < -0.3 is 5.11 Å². The molecule has 2 heterocycles. The first-order valence-corrected chi connectivity index (χ1v) is 23.3. The summed E-state index contributed by atoms with van der Waals surface area (Å²) >= 11 is 0. The maximum Gasteiger partial charge on any atom is 0.148 e. The third-order valence-corrected chi connectivity index (χ3v) is 12.9. The molecule has 0 atom stereocenters. The van der Waals surface area contributed by atoms with Gasteiger partial charge in [0.05, 0.1) is 22.3 Å². The van der Waals surface area contributed by atoms with Crippen LogP contribution in [0, 0.1) is 19.8 Å². The van der Waals surface area contributed by atoms with Crippen molar-refractivity contribution in [1.82, 2.24) is 14.5 Å². The average Bonchev–Trinajstić information content (AvgIpc) is 3.75. The summed E-state index contributed by atoms with van der Waals surface area (Å²) in [6.45, 7) is 12.6. The molecule has 0 aliphatic carbocycles. The van der Waals surface area contributed by atoms with Crippen molar-refractivity contribution in [3.8, 4) is 89.7 Å². The molecule has 10 rings (SSSR count). The summed E-state index contributed by atoms with van der Waals surface area (Å²) in [5.41, 5.74) is 15.7. The van der Waals surface area contributed by atoms with Crippen molar-refractivity contribution >= 4 is 11.0 Å². The molecule has 0 bridgehead atoms. The third kappa shape index (κ3) is 9.27. The van der Waals surface area contributed by atoms with Gasteiger partial charge in [-0.25, -0.2) is 4.98 Å². The number of hydrogen-bond donors (Lipinski definition) is 1. The largest absolute Gasteiger partial charge is 0.507 e. The minimum Gasteiger partial charge on any atom is -0.507 e. The normalized spacial score (nSPS) is 12.5. The Bertz CT molecular complexity index is 3590. The Hall–Kier alpha value is -7.13. The molecule has 0 unspecified atom stereocenters. The van der Waals surface area contributed by atoms with Gasteiger partial charge in [0.25, 0.3) is 0 Å². The second kappa shape index (κ2) is 18.7. The van der Waals surface area contributed by atoms with Crippen molar-refractivity contribution in [2.24, 2.45) is 0 Å². The van der Waals surface area contributed by atoms with Gasteiger partial charge in [0, 0.05) is 48.2 Å². The fourth-order valence-electron chi connectivity index (χ4n) is 9.18. The molecule has 0 radical (unpaired) electrons. The van der Waals surface area contributed by atoms with E-state index < -0.39 is 12.3 Å². The van der Waals surface area contributed by atoms with E-state index in [1.165, 1.54) is 5.56 Å². The van der Waals surface area contributed by atoms with E-state index in [1.807, 2.05) is 109 Å². The van der Waals surface area contributed by atoms with Gasteiger partial charge in [-0.15, -0.1) is 23.8 Å². The Morgan fingerprint density at radius 1 is 0.536 bits per heavy atom. The number of phenolic OH excluding ortho intramolecular Hbond substituents is 1. The summed E-state index contributed by atoms with van der Waals surface area (Å²) in [5, 5.41) is 12.7. The van der Waals surface area contributed by atoms with Crippen LogP contribution >= 0.6 is 0 Å². The van der Waals surface area contributed by atoms with Crippen LogP contribution in [0.25, 0.3) is 95.0 Å². The van der Waals surface area contributed by atoms with Gasteiger partial charge in [0.2, 0.25) is 0 Å². The average molecular weight is 1080 g/mol. The van der Waals surface area contributed by atoms with Crippen molar-refractivity contribution in [2.75, 3.05) is 0 Å². The van der Waals surface area contributed by atoms with E-state index in [2.05, 4.69) is 138 Å². The standard InChI is InChI=1S/C64H56N3O.Pt/c1-41-27-29-44(30-28-41)47-31-32-65-57(37-47)50-35-48(43-19-12-9-13-20-43)34-49(36-50)52-25-18-26-58-60(52)66-62(55-38-51(63(3,4)5)39-56(61(55)68)64(6,7)8)67(58)59-40-53(45-21-14-10-15-22-45)42(2)33-54(59)46-23-16-11-17-24-46;/h9-35,37-40,68H,1-8H3;/q-1;/i2D3;. The molecule has 0 aliphatic heterocycles. The van der Waals surface area contributed by atoms with Gasteiger partial charge in [0.15, 0.2) is 0 Å². The number of pyridine rings is 1. The van der Waals surface area contributed by atoms with Crippen LogP contribution in [0.5, 0.6) is 5.75 Å². The minimum atomic E-state index is -2.44. The van der Waals surface area contributed by atoms with Gasteiger partial charge >= 0.3 is 0 Å². The zero-order valence-electron chi connectivity index (χ0n) is 43.0. The molecule has 0 saturated heterocycles. The number of imidazole rings is 1. The molecule has 5 heteroatoms. The van der Waals surface area contributed by atoms with Crippen molar-refractivity contribution < 1.29 is 30.3 Å². The Labute approximate surface area is 425 Å². The van der Waals surface area contributed by atoms with Crippen LogP contribution in [-0.2, 0) is 31.9 Å². The summed E-state index contributed by atoms with van der Waals surface area (Å²) in [5.74, 6) is 0.665. The molecule has 0 saturated carbocycles. The van der Waals surface area contributed by atoms with Crippen LogP contribution in [0.3, 0.4) is 0 Å². The molecule has 0 aliphatic rings. The Morgan fingerprint density at radius 2 is 1.16 bits per heavy atom. The SMILES string of the molecule is [2H]C([2H])([2H])c1cc(-c2ccccc2)c(-n2c(-c3cc(C(C)(C)C)cc(C(C)(C)C)c3O)nc3c(-c4[c-]c(-c5cc(-c6ccc(C)cc6)ccn5)cc(-c5ccccc5)c4)cccc32)cc1-c1ccccc1.[Pt]. The summed E-state index contributed by atoms with van der Waals surface area (Å²) in [6, 6.07) is 65.0. The molecule has 2 aromatic heterocycles. The fourth-order valence-corrected chi connectivity index (χ4v) is 9.18. The minimum absolute atomic E-state index is 0. The first-order chi connectivity index (χ1) is 33.9. The van der Waals surface area contributed by atoms with Crippen LogP contribution in [0.2, 0.25) is 0 Å². The maximum absolute atomic E-state index is 12.7. The zero-order valence-corrected chi connectivity index (χ0v) is 42.3. The molecule has 344 valence electrons. The number of fused-ring (bicyclic) bond motifs is 1. The first kappa shape index (κ1) is 43.2. The molecular weight excluding hydrogens is 1020 g/mol. The maximum atomic E-state index is 12.7. The number of para-hydroxylation sites is 1. The van der Waals surface area contributed by atoms with Gasteiger partial charge in [-0.2, -0.15) is 0 Å². The first-order valence-electron chi connectivity index (χ1n) is 24.8. The van der Waals surface area contributed by atoms with E-state index in [0.29, 0.717) is 28.0 Å². The number of aromatic hydroxyl groups is 1. The molecular formula is C64H56N3OPt-. The van der Waals surface area contributed by atoms with Crippen molar-refractivity contribution in [3.05, 3.63) is 217 Å². The molecule has 0 amide bonds. The van der Waals surface area contributed by atoms with Crippen LogP contribution < -0.4 is 0 Å². The molecule has 1 N–H and O–H groups in total. The molecule has 0 fully saturated rings. The number of rotatable bonds is 8. The van der Waals surface area contributed by atoms with Crippen molar-refractivity contribution in [2.45, 2.75) is 66.1 Å². The van der Waals surface area contributed by atoms with Crippen LogP contribution in [0.1, 0.15) is 67.9 Å². The second-order valence-corrected chi connectivity index (χ2v) is 19.9. The van der Waals surface area contributed by atoms with Crippen molar-refractivity contribution in [1.29, 1.82) is 0 Å². The van der Waals surface area contributed by atoms with Gasteiger partial charge in [-0.3, -0.25) is 9.55 Å². The Kier molecular flexibility index (Phi) is 11.7. The van der Waals surface area contributed by atoms with Gasteiger partial charge in [0.1, 0.15) is 11.6 Å². The van der Waals surface area contributed by atoms with E-state index in [4.69, 9.17) is 14.1 Å². The molecule has 69 heavy (non-hydrogen) atoms. The van der Waals surface area contributed by atoms with E-state index in [9.17, 15) is 5.11 Å². The number of benzene rings is 8. The van der Waals surface area contributed by atoms with E-state index in [-0.39, 0.29) is 37.8 Å². The summed E-state index contributed by atoms with van der Waals surface area (Å²) in [6.07, 6.45) is 1.86. The summed E-state index contributed by atoms with van der Waals surface area (Å²) in [4.78, 5) is 10.6. The molecule has 0 spiro atoms. The van der Waals surface area contributed by atoms with E-state index in [1.54, 1.807) is 0 Å². The molecule has 4 nitrogen and oxygen atoms in total. The summed E-state index contributed by atoms with van der Waals surface area (Å²) < 4.78 is 28.8. The van der Waals surface area contributed by atoms with E-state index in [0.717, 1.165) is 78.1 Å². The topological polar surface area (TPSA) is 50.9 Å². The predicted octanol–water partition coefficient (Wildman–Crippen LogP) is 16.8. The van der Waals surface area contributed by atoms with Crippen LogP contribution in [-0.4, -0.2) is 19.6 Å². The number of aryl methyl sites for hydroxylation is 2. The third-order valence-electron chi connectivity index (χ3n) is 12.9.